The molecule has 0 saturated carbocycles. The predicted octanol–water partition coefficient (Wildman–Crippen LogP) is 3.80. The monoisotopic (exact) mass is 345 g/mol. The number of fused-ring (bicyclic) bond motifs is 1. The van der Waals surface area contributed by atoms with E-state index in [1.54, 1.807) is 18.3 Å². The lowest BCUT2D eigenvalue weighted by Crippen LogP contribution is -2.13. The number of anilines is 1. The quantitative estimate of drug-likeness (QED) is 0.757. The average Bonchev–Trinajstić information content (AvgIpc) is 2.95. The zero-order chi connectivity index (χ0) is 16.6. The summed E-state index contributed by atoms with van der Waals surface area (Å²) in [7, 11) is -3.74. The Kier molecular flexibility index (Phi) is 3.76. The predicted molar refractivity (Wildman–Crippen MR) is 90.0 cm³/mol. The van der Waals surface area contributed by atoms with E-state index in [1.165, 1.54) is 24.3 Å². The molecule has 0 fully saturated rings. The first kappa shape index (κ1) is 15.4. The van der Waals surface area contributed by atoms with Gasteiger partial charge in [-0.05, 0) is 42.8 Å². The van der Waals surface area contributed by atoms with E-state index in [2.05, 4.69) is 15.8 Å². The molecule has 0 radical (unpaired) electrons. The summed E-state index contributed by atoms with van der Waals surface area (Å²) in [5, 5.41) is 10.3. The molecule has 7 heteroatoms. The van der Waals surface area contributed by atoms with Crippen LogP contribution in [0.5, 0.6) is 0 Å². The third kappa shape index (κ3) is 2.77. The number of nitrogens with one attached hydrogen (secondary N) is 2. The lowest BCUT2D eigenvalue weighted by atomic mass is 10.1. The van der Waals surface area contributed by atoms with Crippen molar-refractivity contribution in [2.45, 2.75) is 11.8 Å². The molecule has 116 valence electrons. The van der Waals surface area contributed by atoms with Gasteiger partial charge in [0.15, 0.2) is 0 Å². The van der Waals surface area contributed by atoms with Gasteiger partial charge in [-0.1, -0.05) is 17.7 Å². The summed E-state index contributed by atoms with van der Waals surface area (Å²) in [4.78, 5) is 3.07. The highest BCUT2D eigenvalue weighted by Gasteiger charge is 2.17. The molecule has 1 aromatic heterocycles. The number of nitrogens with zero attached hydrogens (tertiary/aromatic N) is 1. The van der Waals surface area contributed by atoms with Gasteiger partial charge in [0, 0.05) is 16.6 Å². The molecule has 0 saturated heterocycles. The van der Waals surface area contributed by atoms with Gasteiger partial charge in [0.25, 0.3) is 10.0 Å². The van der Waals surface area contributed by atoms with Crippen LogP contribution >= 0.6 is 11.6 Å². The smallest absolute Gasteiger partial charge is 0.261 e. The van der Waals surface area contributed by atoms with Crippen molar-refractivity contribution in [3.63, 3.8) is 0 Å². The number of sulfonamides is 1. The highest BCUT2D eigenvalue weighted by molar-refractivity contribution is 7.92. The van der Waals surface area contributed by atoms with Crippen molar-refractivity contribution in [3.05, 3.63) is 58.7 Å². The van der Waals surface area contributed by atoms with Crippen LogP contribution in [0.2, 0.25) is 5.02 Å². The summed E-state index contributed by atoms with van der Waals surface area (Å²) in [5.41, 5.74) is 2.35. The Bertz CT molecular complexity index is 1030. The van der Waals surface area contributed by atoms with Crippen LogP contribution in [0.25, 0.3) is 10.9 Å². The fraction of sp³-hybridized carbons (Fsp3) is 0.0625. The van der Waals surface area contributed by atoms with Crippen LogP contribution < -0.4 is 4.72 Å². The molecule has 0 atom stereocenters. The summed E-state index contributed by atoms with van der Waals surface area (Å²) in [6.07, 6.45) is 1.57. The molecule has 5 nitrogen and oxygen atoms in total. The van der Waals surface area contributed by atoms with Crippen molar-refractivity contribution in [2.75, 3.05) is 4.72 Å². The number of aromatic amines is 1. The Morgan fingerprint density at radius 3 is 2.52 bits per heavy atom. The summed E-state index contributed by atoms with van der Waals surface area (Å²) >= 11 is 5.79. The Hall–Kier alpha value is -2.49. The first-order valence-electron chi connectivity index (χ1n) is 6.71. The van der Waals surface area contributed by atoms with Crippen LogP contribution in [0.3, 0.4) is 0 Å². The minimum Gasteiger partial charge on any atom is -0.358 e. The van der Waals surface area contributed by atoms with Crippen molar-refractivity contribution in [1.82, 2.24) is 4.98 Å². The summed E-state index contributed by atoms with van der Waals surface area (Å²) in [6, 6.07) is 11.4. The molecular weight excluding hydrogens is 334 g/mol. The van der Waals surface area contributed by atoms with Gasteiger partial charge < -0.3 is 4.98 Å². The lowest BCUT2D eigenvalue weighted by molar-refractivity contribution is 0.601. The Morgan fingerprint density at radius 1 is 1.17 bits per heavy atom. The second kappa shape index (κ2) is 5.61. The molecule has 3 rings (SSSR count). The maximum atomic E-state index is 12.5. The van der Waals surface area contributed by atoms with E-state index in [9.17, 15) is 8.42 Å². The van der Waals surface area contributed by atoms with Crippen molar-refractivity contribution in [3.8, 4) is 6.07 Å². The molecule has 0 aliphatic carbocycles. The fourth-order valence-corrected chi connectivity index (χ4v) is 3.61. The highest BCUT2D eigenvalue weighted by Crippen LogP contribution is 2.30. The third-order valence-corrected chi connectivity index (χ3v) is 5.17. The van der Waals surface area contributed by atoms with E-state index in [0.717, 1.165) is 5.56 Å². The van der Waals surface area contributed by atoms with E-state index in [-0.39, 0.29) is 4.90 Å². The largest absolute Gasteiger partial charge is 0.358 e. The number of aryl methyl sites for hydroxylation is 1. The number of aromatic nitrogens is 1. The first-order chi connectivity index (χ1) is 10.9. The van der Waals surface area contributed by atoms with Crippen LogP contribution in [-0.2, 0) is 10.0 Å². The van der Waals surface area contributed by atoms with Gasteiger partial charge in [0.1, 0.15) is 6.07 Å². The second-order valence-electron chi connectivity index (χ2n) is 5.05. The fourth-order valence-electron chi connectivity index (χ4n) is 2.41. The molecular formula is C16H12ClN3O2S. The van der Waals surface area contributed by atoms with Crippen molar-refractivity contribution in [2.24, 2.45) is 0 Å². The maximum Gasteiger partial charge on any atom is 0.261 e. The van der Waals surface area contributed by atoms with E-state index < -0.39 is 10.0 Å². The number of halogens is 1. The first-order valence-corrected chi connectivity index (χ1v) is 8.57. The number of benzene rings is 2. The van der Waals surface area contributed by atoms with E-state index in [4.69, 9.17) is 16.9 Å². The van der Waals surface area contributed by atoms with Crippen molar-refractivity contribution in [1.29, 1.82) is 5.26 Å². The van der Waals surface area contributed by atoms with Crippen LogP contribution in [0.1, 0.15) is 11.1 Å². The summed E-state index contributed by atoms with van der Waals surface area (Å²) < 4.78 is 27.5. The molecule has 0 bridgehead atoms. The molecule has 0 aliphatic heterocycles. The van der Waals surface area contributed by atoms with Gasteiger partial charge in [-0.25, -0.2) is 8.42 Å². The maximum absolute atomic E-state index is 12.5. The molecule has 23 heavy (non-hydrogen) atoms. The zero-order valence-corrected chi connectivity index (χ0v) is 13.7. The molecule has 0 unspecified atom stereocenters. The van der Waals surface area contributed by atoms with Crippen molar-refractivity contribution >= 4 is 38.2 Å². The van der Waals surface area contributed by atoms with Gasteiger partial charge in [-0.3, -0.25) is 4.72 Å². The topological polar surface area (TPSA) is 85.8 Å². The average molecular weight is 346 g/mol. The van der Waals surface area contributed by atoms with Crippen LogP contribution in [-0.4, -0.2) is 13.4 Å². The molecule has 2 aromatic carbocycles. The number of rotatable bonds is 3. The lowest BCUT2D eigenvalue weighted by Gasteiger charge is -2.10. The Morgan fingerprint density at radius 2 is 1.87 bits per heavy atom. The van der Waals surface area contributed by atoms with E-state index in [1.807, 2.05) is 6.92 Å². The number of nitriles is 1. The van der Waals surface area contributed by atoms with Crippen LogP contribution in [0.4, 0.5) is 5.69 Å². The van der Waals surface area contributed by atoms with Crippen molar-refractivity contribution < 1.29 is 8.42 Å². The minimum absolute atomic E-state index is 0.114. The van der Waals surface area contributed by atoms with Gasteiger partial charge in [-0.2, -0.15) is 5.26 Å². The third-order valence-electron chi connectivity index (χ3n) is 3.53. The number of H-pyrrole nitrogens is 1. The van der Waals surface area contributed by atoms with Gasteiger partial charge in [-0.15, -0.1) is 0 Å². The number of hydrogen-bond acceptors (Lipinski definition) is 3. The van der Waals surface area contributed by atoms with Crippen LogP contribution in [0, 0.1) is 18.3 Å². The summed E-state index contributed by atoms with van der Waals surface area (Å²) in [6.45, 7) is 1.87. The highest BCUT2D eigenvalue weighted by atomic mass is 35.5. The Labute approximate surface area is 138 Å². The minimum atomic E-state index is -3.74. The van der Waals surface area contributed by atoms with Crippen LogP contribution in [0.15, 0.2) is 47.5 Å². The second-order valence-corrected chi connectivity index (χ2v) is 7.17. The number of hydrogen-bond donors (Lipinski definition) is 2. The summed E-state index contributed by atoms with van der Waals surface area (Å²) in [5.74, 6) is 0. The van der Waals surface area contributed by atoms with E-state index in [0.29, 0.717) is 27.2 Å². The zero-order valence-electron chi connectivity index (χ0n) is 12.1. The van der Waals surface area contributed by atoms with Gasteiger partial charge >= 0.3 is 0 Å². The molecule has 1 heterocycles. The Balaban J connectivity index is 2.08. The SMILES string of the molecule is Cc1ccc(NS(=O)(=O)c2ccc(Cl)cc2)c2[nH]cc(C#N)c12. The normalized spacial score (nSPS) is 11.3. The molecule has 0 aliphatic rings. The van der Waals surface area contributed by atoms with Gasteiger partial charge in [0.2, 0.25) is 0 Å². The molecule has 2 N–H and O–H groups in total. The van der Waals surface area contributed by atoms with Gasteiger partial charge in [0.05, 0.1) is 21.7 Å². The standard InChI is InChI=1S/C16H12ClN3O2S/c1-10-2-7-14(16-15(10)11(8-18)9-19-16)20-23(21,22)13-5-3-12(17)4-6-13/h2-7,9,19-20H,1H3. The van der Waals surface area contributed by atoms with E-state index >= 15 is 0 Å². The molecule has 0 amide bonds. The molecule has 3 aromatic rings. The molecule has 0 spiro atoms.